The van der Waals surface area contributed by atoms with Crippen LogP contribution in [0.1, 0.15) is 28.9 Å². The second-order valence-corrected chi connectivity index (χ2v) is 6.08. The number of aliphatic hydroxyl groups is 1. The van der Waals surface area contributed by atoms with E-state index in [2.05, 4.69) is 0 Å². The normalized spacial score (nSPS) is 12.5. The van der Waals surface area contributed by atoms with E-state index >= 15 is 0 Å². The molecule has 0 unspecified atom stereocenters. The summed E-state index contributed by atoms with van der Waals surface area (Å²) in [6.45, 7) is 1.71. The molecular weight excluding hydrogens is 380 g/mol. The molecule has 0 saturated heterocycles. The predicted octanol–water partition coefficient (Wildman–Crippen LogP) is 3.01. The van der Waals surface area contributed by atoms with E-state index in [1.807, 2.05) is 0 Å². The first-order valence-electron chi connectivity index (χ1n) is 8.81. The minimum atomic E-state index is -1.01. The number of rotatable bonds is 9. The van der Waals surface area contributed by atoms with E-state index in [1.165, 1.54) is 41.6 Å². The lowest BCUT2D eigenvalue weighted by Gasteiger charge is -2.23. The van der Waals surface area contributed by atoms with Gasteiger partial charge in [0.15, 0.2) is 23.0 Å². The minimum Gasteiger partial charge on any atom is -0.493 e. The van der Waals surface area contributed by atoms with E-state index in [4.69, 9.17) is 28.4 Å². The van der Waals surface area contributed by atoms with Crippen LogP contribution >= 0.6 is 0 Å². The summed E-state index contributed by atoms with van der Waals surface area (Å²) in [6.07, 6.45) is -1.66. The fourth-order valence-corrected chi connectivity index (χ4v) is 2.82. The first-order valence-corrected chi connectivity index (χ1v) is 8.81. The number of aliphatic hydroxyl groups excluding tert-OH is 1. The molecule has 2 aromatic carbocycles. The van der Waals surface area contributed by atoms with Gasteiger partial charge in [0.05, 0.1) is 41.1 Å². The third kappa shape index (κ3) is 4.83. The van der Waals surface area contributed by atoms with Crippen LogP contribution in [-0.4, -0.2) is 52.7 Å². The molecule has 8 heteroatoms. The van der Waals surface area contributed by atoms with E-state index in [0.717, 1.165) is 0 Å². The average Bonchev–Trinajstić information content (AvgIpc) is 2.76. The van der Waals surface area contributed by atoms with E-state index < -0.39 is 18.2 Å². The van der Waals surface area contributed by atoms with Crippen molar-refractivity contribution < 1.29 is 38.3 Å². The highest BCUT2D eigenvalue weighted by Crippen LogP contribution is 2.40. The molecule has 0 heterocycles. The number of methoxy groups -OCH3 is 5. The van der Waals surface area contributed by atoms with Gasteiger partial charge >= 0.3 is 5.97 Å². The SMILES string of the molecule is COC(=O)c1ccc(O[C@@H](C)[C@@H](O)c2cc(OC)c(OC)c(OC)c2)c(OC)c1. The molecule has 0 amide bonds. The van der Waals surface area contributed by atoms with Crippen LogP contribution < -0.4 is 23.7 Å². The quantitative estimate of drug-likeness (QED) is 0.636. The lowest BCUT2D eigenvalue weighted by Crippen LogP contribution is -2.22. The molecule has 1 N–H and O–H groups in total. The minimum absolute atomic E-state index is 0.328. The number of ether oxygens (including phenoxy) is 6. The zero-order chi connectivity index (χ0) is 21.6. The predicted molar refractivity (Wildman–Crippen MR) is 105 cm³/mol. The Morgan fingerprint density at radius 1 is 0.828 bits per heavy atom. The van der Waals surface area contributed by atoms with Gasteiger partial charge in [-0.2, -0.15) is 0 Å². The Bertz CT molecular complexity index is 824. The van der Waals surface area contributed by atoms with Crippen molar-refractivity contribution in [2.75, 3.05) is 35.5 Å². The summed E-state index contributed by atoms with van der Waals surface area (Å²) >= 11 is 0. The molecule has 0 fully saturated rings. The summed E-state index contributed by atoms with van der Waals surface area (Å²) in [6, 6.07) is 7.97. The Kier molecular flexibility index (Phi) is 7.55. The zero-order valence-corrected chi connectivity index (χ0v) is 17.3. The number of hydrogen-bond donors (Lipinski definition) is 1. The highest BCUT2D eigenvalue weighted by molar-refractivity contribution is 5.90. The Hall–Kier alpha value is -3.13. The van der Waals surface area contributed by atoms with Gasteiger partial charge in [0.25, 0.3) is 0 Å². The molecule has 0 radical (unpaired) electrons. The molecule has 0 bridgehead atoms. The summed E-state index contributed by atoms with van der Waals surface area (Å²) in [5.74, 6) is 1.51. The van der Waals surface area contributed by atoms with Crippen LogP contribution in [0.4, 0.5) is 0 Å². The van der Waals surface area contributed by atoms with Gasteiger partial charge in [0, 0.05) is 0 Å². The molecule has 2 rings (SSSR count). The number of hydrogen-bond acceptors (Lipinski definition) is 8. The Labute approximate surface area is 169 Å². The summed E-state index contributed by atoms with van der Waals surface area (Å²) in [4.78, 5) is 11.7. The van der Waals surface area contributed by atoms with Crippen molar-refractivity contribution in [1.29, 1.82) is 0 Å². The fourth-order valence-electron chi connectivity index (χ4n) is 2.82. The molecular formula is C21H26O8. The third-order valence-corrected chi connectivity index (χ3v) is 4.37. The fraction of sp³-hybridized carbons (Fsp3) is 0.381. The van der Waals surface area contributed by atoms with Gasteiger partial charge in [-0.3, -0.25) is 0 Å². The van der Waals surface area contributed by atoms with Crippen molar-refractivity contribution in [3.05, 3.63) is 41.5 Å². The smallest absolute Gasteiger partial charge is 0.337 e. The van der Waals surface area contributed by atoms with E-state index in [0.29, 0.717) is 39.9 Å². The Balaban J connectivity index is 2.29. The summed E-state index contributed by atoms with van der Waals surface area (Å²) in [7, 11) is 7.27. The van der Waals surface area contributed by atoms with Crippen LogP contribution in [-0.2, 0) is 4.74 Å². The first-order chi connectivity index (χ1) is 13.9. The Morgan fingerprint density at radius 2 is 1.41 bits per heavy atom. The monoisotopic (exact) mass is 406 g/mol. The van der Waals surface area contributed by atoms with Gasteiger partial charge in [0.1, 0.15) is 12.2 Å². The van der Waals surface area contributed by atoms with Crippen molar-refractivity contribution in [2.45, 2.75) is 19.1 Å². The molecule has 158 valence electrons. The summed E-state index contributed by atoms with van der Waals surface area (Å²) in [5, 5.41) is 10.8. The maximum atomic E-state index is 11.7. The topological polar surface area (TPSA) is 92.7 Å². The molecule has 0 aliphatic carbocycles. The highest BCUT2D eigenvalue weighted by Gasteiger charge is 2.24. The van der Waals surface area contributed by atoms with E-state index in [1.54, 1.807) is 31.2 Å². The molecule has 2 aromatic rings. The summed E-state index contributed by atoms with van der Waals surface area (Å²) < 4.78 is 31.9. The second-order valence-electron chi connectivity index (χ2n) is 6.08. The molecule has 0 aliphatic heterocycles. The van der Waals surface area contributed by atoms with Crippen molar-refractivity contribution in [3.63, 3.8) is 0 Å². The van der Waals surface area contributed by atoms with Gasteiger partial charge < -0.3 is 33.5 Å². The maximum absolute atomic E-state index is 11.7. The van der Waals surface area contributed by atoms with Crippen LogP contribution in [0.15, 0.2) is 30.3 Å². The number of benzene rings is 2. The lowest BCUT2D eigenvalue weighted by atomic mass is 10.0. The van der Waals surface area contributed by atoms with E-state index in [9.17, 15) is 9.90 Å². The van der Waals surface area contributed by atoms with Crippen LogP contribution in [0.3, 0.4) is 0 Å². The van der Waals surface area contributed by atoms with Crippen LogP contribution in [0.25, 0.3) is 0 Å². The van der Waals surface area contributed by atoms with Crippen LogP contribution in [0.5, 0.6) is 28.7 Å². The van der Waals surface area contributed by atoms with Gasteiger partial charge in [-0.1, -0.05) is 0 Å². The number of esters is 1. The molecule has 0 saturated carbocycles. The molecule has 2 atom stereocenters. The number of carbonyl (C=O) groups is 1. The summed E-state index contributed by atoms with van der Waals surface area (Å²) in [5.41, 5.74) is 0.853. The number of carbonyl (C=O) groups excluding carboxylic acids is 1. The van der Waals surface area contributed by atoms with Crippen molar-refractivity contribution in [2.24, 2.45) is 0 Å². The molecule has 8 nitrogen and oxygen atoms in total. The van der Waals surface area contributed by atoms with Crippen LogP contribution in [0, 0.1) is 0 Å². The van der Waals surface area contributed by atoms with Gasteiger partial charge in [0.2, 0.25) is 5.75 Å². The molecule has 29 heavy (non-hydrogen) atoms. The standard InChI is InChI=1S/C21H26O8/c1-12(29-15-8-7-13(21(23)28-6)9-16(15)24-2)19(22)14-10-17(25-3)20(27-5)18(11-14)26-4/h7-12,19,22H,1-6H3/t12-,19+/m0/s1. The second kappa shape index (κ2) is 9.88. The molecule has 0 aliphatic rings. The van der Waals surface area contributed by atoms with E-state index in [-0.39, 0.29) is 0 Å². The third-order valence-electron chi connectivity index (χ3n) is 4.37. The largest absolute Gasteiger partial charge is 0.493 e. The van der Waals surface area contributed by atoms with Crippen LogP contribution in [0.2, 0.25) is 0 Å². The van der Waals surface area contributed by atoms with Gasteiger partial charge in [-0.15, -0.1) is 0 Å². The van der Waals surface area contributed by atoms with Crippen molar-refractivity contribution in [1.82, 2.24) is 0 Å². The zero-order valence-electron chi connectivity index (χ0n) is 17.3. The Morgan fingerprint density at radius 3 is 1.90 bits per heavy atom. The van der Waals surface area contributed by atoms with Crippen molar-refractivity contribution >= 4 is 5.97 Å². The highest BCUT2D eigenvalue weighted by atomic mass is 16.5. The first kappa shape index (κ1) is 22.2. The van der Waals surface area contributed by atoms with Gasteiger partial charge in [-0.05, 0) is 42.8 Å². The maximum Gasteiger partial charge on any atom is 0.337 e. The average molecular weight is 406 g/mol. The lowest BCUT2D eigenvalue weighted by molar-refractivity contribution is 0.0447. The van der Waals surface area contributed by atoms with Gasteiger partial charge in [-0.25, -0.2) is 4.79 Å². The molecule has 0 spiro atoms. The van der Waals surface area contributed by atoms with Crippen molar-refractivity contribution in [3.8, 4) is 28.7 Å². The molecule has 0 aromatic heterocycles.